The number of benzene rings is 2. The average molecular weight is 294 g/mol. The normalized spacial score (nSPS) is 13.5. The molecule has 0 aromatic heterocycles. The van der Waals surface area contributed by atoms with Crippen LogP contribution in [0.25, 0.3) is 0 Å². The van der Waals surface area contributed by atoms with E-state index in [-0.39, 0.29) is 11.3 Å². The Morgan fingerprint density at radius 3 is 2.43 bits per heavy atom. The highest BCUT2D eigenvalue weighted by Crippen LogP contribution is 2.29. The first-order valence-electron chi connectivity index (χ1n) is 6.13. The lowest BCUT2D eigenvalue weighted by Crippen LogP contribution is -2.46. The van der Waals surface area contributed by atoms with Crippen LogP contribution in [0.5, 0.6) is 0 Å². The predicted molar refractivity (Wildman–Crippen MR) is 72.9 cm³/mol. The van der Waals surface area contributed by atoms with Crippen LogP contribution < -0.4 is 11.1 Å². The molecule has 1 unspecified atom stereocenters. The van der Waals surface area contributed by atoms with Crippen molar-refractivity contribution in [2.24, 2.45) is 5.73 Å². The number of hydrogen-bond donors (Lipinski definition) is 2. The molecule has 6 heteroatoms. The third-order valence-electron chi connectivity index (χ3n) is 3.20. The molecular formula is C15H13F3N2O. The summed E-state index contributed by atoms with van der Waals surface area (Å²) in [5, 5.41) is 2.66. The lowest BCUT2D eigenvalue weighted by atomic mass is 9.90. The van der Waals surface area contributed by atoms with Crippen LogP contribution in [0.15, 0.2) is 42.5 Å². The van der Waals surface area contributed by atoms with Gasteiger partial charge in [0.2, 0.25) is 5.91 Å². The molecule has 0 aliphatic carbocycles. The number of carbonyl (C=O) groups excluding carboxylic acids is 1. The summed E-state index contributed by atoms with van der Waals surface area (Å²) in [5.41, 5.74) is 3.57. The largest absolute Gasteiger partial charge is 0.368 e. The van der Waals surface area contributed by atoms with Crippen molar-refractivity contribution in [2.75, 3.05) is 5.32 Å². The van der Waals surface area contributed by atoms with E-state index in [1.807, 2.05) is 0 Å². The van der Waals surface area contributed by atoms with Gasteiger partial charge in [-0.3, -0.25) is 4.79 Å². The maximum atomic E-state index is 13.9. The number of amides is 1. The van der Waals surface area contributed by atoms with E-state index in [2.05, 4.69) is 5.32 Å². The Morgan fingerprint density at radius 1 is 1.14 bits per heavy atom. The van der Waals surface area contributed by atoms with Gasteiger partial charge in [-0.15, -0.1) is 0 Å². The maximum absolute atomic E-state index is 13.9. The van der Waals surface area contributed by atoms with E-state index < -0.39 is 28.9 Å². The standard InChI is InChI=1S/C15H13F3N2O/c1-15(14(19)21,11-6-3-7-12(17)13(11)18)20-10-5-2-4-9(16)8-10/h2-8,20H,1H3,(H2,19,21). The van der Waals surface area contributed by atoms with E-state index in [9.17, 15) is 18.0 Å². The molecule has 2 rings (SSSR count). The summed E-state index contributed by atoms with van der Waals surface area (Å²) < 4.78 is 40.5. The molecule has 2 aromatic rings. The lowest BCUT2D eigenvalue weighted by molar-refractivity contribution is -0.122. The van der Waals surface area contributed by atoms with Crippen LogP contribution in [-0.4, -0.2) is 5.91 Å². The summed E-state index contributed by atoms with van der Waals surface area (Å²) >= 11 is 0. The predicted octanol–water partition coefficient (Wildman–Crippen LogP) is 2.92. The van der Waals surface area contributed by atoms with Crippen molar-refractivity contribution in [1.29, 1.82) is 0 Å². The maximum Gasteiger partial charge on any atom is 0.247 e. The zero-order valence-electron chi connectivity index (χ0n) is 11.2. The van der Waals surface area contributed by atoms with Gasteiger partial charge in [0.25, 0.3) is 0 Å². The van der Waals surface area contributed by atoms with Gasteiger partial charge >= 0.3 is 0 Å². The molecule has 0 spiro atoms. The molecule has 0 radical (unpaired) electrons. The van der Waals surface area contributed by atoms with E-state index in [1.165, 1.54) is 37.3 Å². The summed E-state index contributed by atoms with van der Waals surface area (Å²) in [5.74, 6) is -3.73. The summed E-state index contributed by atoms with van der Waals surface area (Å²) in [6.45, 7) is 1.30. The SMILES string of the molecule is CC(Nc1cccc(F)c1)(C(N)=O)c1cccc(F)c1F. The highest BCUT2D eigenvalue weighted by Gasteiger charge is 2.36. The van der Waals surface area contributed by atoms with Gasteiger partial charge in [-0.25, -0.2) is 13.2 Å². The van der Waals surface area contributed by atoms with Crippen molar-refractivity contribution in [3.05, 3.63) is 65.5 Å². The van der Waals surface area contributed by atoms with Gasteiger partial charge in [-0.1, -0.05) is 18.2 Å². The summed E-state index contributed by atoms with van der Waals surface area (Å²) in [6, 6.07) is 8.69. The van der Waals surface area contributed by atoms with E-state index in [1.54, 1.807) is 0 Å². The molecule has 1 atom stereocenters. The Morgan fingerprint density at radius 2 is 1.81 bits per heavy atom. The van der Waals surface area contributed by atoms with Crippen molar-refractivity contribution in [3.63, 3.8) is 0 Å². The fourth-order valence-electron chi connectivity index (χ4n) is 2.01. The quantitative estimate of drug-likeness (QED) is 0.911. The summed E-state index contributed by atoms with van der Waals surface area (Å²) in [7, 11) is 0. The van der Waals surface area contributed by atoms with Crippen molar-refractivity contribution in [1.82, 2.24) is 0 Å². The number of primary amides is 1. The highest BCUT2D eigenvalue weighted by atomic mass is 19.2. The van der Waals surface area contributed by atoms with Crippen LogP contribution in [0.1, 0.15) is 12.5 Å². The van der Waals surface area contributed by atoms with Crippen LogP contribution >= 0.6 is 0 Å². The summed E-state index contributed by atoms with van der Waals surface area (Å²) in [4.78, 5) is 11.8. The molecule has 2 aromatic carbocycles. The first-order valence-corrected chi connectivity index (χ1v) is 6.13. The van der Waals surface area contributed by atoms with Crippen molar-refractivity contribution in [3.8, 4) is 0 Å². The molecule has 0 saturated carbocycles. The van der Waals surface area contributed by atoms with Gasteiger partial charge in [0.05, 0.1) is 0 Å². The first kappa shape index (κ1) is 14.9. The lowest BCUT2D eigenvalue weighted by Gasteiger charge is -2.29. The molecule has 0 heterocycles. The monoisotopic (exact) mass is 294 g/mol. The Hall–Kier alpha value is -2.50. The first-order chi connectivity index (χ1) is 9.84. The smallest absolute Gasteiger partial charge is 0.247 e. The third kappa shape index (κ3) is 2.84. The minimum absolute atomic E-state index is 0.222. The van der Waals surface area contributed by atoms with Gasteiger partial charge in [-0.05, 0) is 31.2 Å². The van der Waals surface area contributed by atoms with Crippen LogP contribution in [0.3, 0.4) is 0 Å². The second-order valence-corrected chi connectivity index (χ2v) is 4.73. The van der Waals surface area contributed by atoms with E-state index in [0.717, 1.165) is 12.1 Å². The third-order valence-corrected chi connectivity index (χ3v) is 3.20. The Balaban J connectivity index is 2.51. The fourth-order valence-corrected chi connectivity index (χ4v) is 2.01. The summed E-state index contributed by atoms with van der Waals surface area (Å²) in [6.07, 6.45) is 0. The second-order valence-electron chi connectivity index (χ2n) is 4.73. The van der Waals surface area contributed by atoms with Crippen molar-refractivity contribution >= 4 is 11.6 Å². The number of halogens is 3. The average Bonchev–Trinajstić information content (AvgIpc) is 2.41. The number of anilines is 1. The van der Waals surface area contributed by atoms with Crippen LogP contribution in [0, 0.1) is 17.5 Å². The van der Waals surface area contributed by atoms with Gasteiger partial charge in [-0.2, -0.15) is 0 Å². The Bertz CT molecular complexity index is 690. The molecule has 3 N–H and O–H groups in total. The Kier molecular flexibility index (Phi) is 3.88. The van der Waals surface area contributed by atoms with E-state index in [0.29, 0.717) is 0 Å². The molecule has 0 aliphatic heterocycles. The molecule has 21 heavy (non-hydrogen) atoms. The minimum atomic E-state index is -1.72. The molecule has 110 valence electrons. The molecule has 0 saturated heterocycles. The number of nitrogens with one attached hydrogen (secondary N) is 1. The number of rotatable bonds is 4. The zero-order valence-corrected chi connectivity index (χ0v) is 11.2. The zero-order chi connectivity index (χ0) is 15.6. The van der Waals surface area contributed by atoms with Gasteiger partial charge in [0.1, 0.15) is 11.4 Å². The van der Waals surface area contributed by atoms with Crippen LogP contribution in [0.4, 0.5) is 18.9 Å². The molecule has 0 bridgehead atoms. The van der Waals surface area contributed by atoms with E-state index in [4.69, 9.17) is 5.73 Å². The topological polar surface area (TPSA) is 55.1 Å². The highest BCUT2D eigenvalue weighted by molar-refractivity contribution is 5.89. The van der Waals surface area contributed by atoms with Crippen molar-refractivity contribution in [2.45, 2.75) is 12.5 Å². The number of nitrogens with two attached hydrogens (primary N) is 1. The molecule has 0 fully saturated rings. The molecule has 3 nitrogen and oxygen atoms in total. The van der Waals surface area contributed by atoms with E-state index >= 15 is 0 Å². The second kappa shape index (κ2) is 5.47. The fraction of sp³-hybridized carbons (Fsp3) is 0.133. The molecular weight excluding hydrogens is 281 g/mol. The van der Waals surface area contributed by atoms with Crippen LogP contribution in [-0.2, 0) is 10.3 Å². The van der Waals surface area contributed by atoms with Crippen molar-refractivity contribution < 1.29 is 18.0 Å². The van der Waals surface area contributed by atoms with Gasteiger partial charge < -0.3 is 11.1 Å². The number of carbonyl (C=O) groups is 1. The number of hydrogen-bond acceptors (Lipinski definition) is 2. The van der Waals surface area contributed by atoms with Gasteiger partial charge in [0.15, 0.2) is 11.6 Å². The van der Waals surface area contributed by atoms with Gasteiger partial charge in [0, 0.05) is 11.3 Å². The Labute approximate surface area is 119 Å². The molecule has 1 amide bonds. The van der Waals surface area contributed by atoms with Crippen LogP contribution in [0.2, 0.25) is 0 Å². The minimum Gasteiger partial charge on any atom is -0.368 e. The molecule has 0 aliphatic rings.